The maximum absolute atomic E-state index is 14.0. The van der Waals surface area contributed by atoms with Crippen molar-refractivity contribution in [2.45, 2.75) is 37.5 Å². The van der Waals surface area contributed by atoms with Gasteiger partial charge in [-0.3, -0.25) is 0 Å². The number of nitrogens with zero attached hydrogens (tertiary/aromatic N) is 1. The normalized spacial score (nSPS) is 20.8. The van der Waals surface area contributed by atoms with Crippen molar-refractivity contribution in [1.29, 1.82) is 0 Å². The van der Waals surface area contributed by atoms with Crippen LogP contribution in [0.15, 0.2) is 11.7 Å². The largest absolute Gasteiger partial charge is 0.476 e. The van der Waals surface area contributed by atoms with Crippen molar-refractivity contribution in [1.82, 2.24) is 4.90 Å². The highest BCUT2D eigenvalue weighted by atomic mass is 19.4. The second kappa shape index (κ2) is 7.46. The lowest BCUT2D eigenvalue weighted by atomic mass is 10.1. The van der Waals surface area contributed by atoms with E-state index in [1.54, 1.807) is 0 Å². The lowest BCUT2D eigenvalue weighted by molar-refractivity contribution is -0.272. The van der Waals surface area contributed by atoms with Gasteiger partial charge in [-0.15, -0.1) is 0 Å². The summed E-state index contributed by atoms with van der Waals surface area (Å²) < 4.78 is 137. The molecule has 1 saturated heterocycles. The van der Waals surface area contributed by atoms with E-state index in [2.05, 4.69) is 4.74 Å². The van der Waals surface area contributed by atoms with E-state index in [1.165, 1.54) is 0 Å². The van der Waals surface area contributed by atoms with E-state index in [4.69, 9.17) is 4.74 Å². The standard InChI is InChI=1S/C12H13F10NO2/c1-6(10(15,16)9(14)12(20,21)22)25-7(11(17,18)19)8(13)23-2-4-24-5-3-23/h6,9H,2-5H2,1H3/b8-7-. The van der Waals surface area contributed by atoms with Crippen LogP contribution in [0, 0.1) is 0 Å². The predicted octanol–water partition coefficient (Wildman–Crippen LogP) is 3.96. The van der Waals surface area contributed by atoms with E-state index in [1.807, 2.05) is 0 Å². The minimum absolute atomic E-state index is 0.0800. The van der Waals surface area contributed by atoms with Gasteiger partial charge in [0.25, 0.3) is 11.9 Å². The molecule has 0 N–H and O–H groups in total. The summed E-state index contributed by atoms with van der Waals surface area (Å²) in [6.07, 6.45) is -19.7. The molecule has 1 heterocycles. The van der Waals surface area contributed by atoms with E-state index >= 15 is 0 Å². The van der Waals surface area contributed by atoms with E-state index in [0.29, 0.717) is 4.90 Å². The molecule has 0 radical (unpaired) electrons. The Morgan fingerprint density at radius 3 is 1.88 bits per heavy atom. The number of ether oxygens (including phenoxy) is 2. The molecule has 1 aliphatic rings. The van der Waals surface area contributed by atoms with Crippen LogP contribution < -0.4 is 0 Å². The van der Waals surface area contributed by atoms with Crippen LogP contribution in [0.4, 0.5) is 43.9 Å². The minimum atomic E-state index is -6.04. The Kier molecular flexibility index (Phi) is 6.46. The number of hydrogen-bond donors (Lipinski definition) is 0. The number of rotatable bonds is 5. The van der Waals surface area contributed by atoms with E-state index in [9.17, 15) is 43.9 Å². The Morgan fingerprint density at radius 2 is 1.48 bits per heavy atom. The lowest BCUT2D eigenvalue weighted by Crippen LogP contribution is -2.50. The third kappa shape index (κ3) is 5.28. The molecule has 2 atom stereocenters. The molecular weight excluding hydrogens is 380 g/mol. The zero-order chi connectivity index (χ0) is 19.6. The summed E-state index contributed by atoms with van der Waals surface area (Å²) in [5.74, 6) is -10.0. The van der Waals surface area contributed by atoms with Crippen LogP contribution in [0.1, 0.15) is 6.92 Å². The summed E-state index contributed by atoms with van der Waals surface area (Å²) in [5.41, 5.74) is 0. The third-order valence-electron chi connectivity index (χ3n) is 3.20. The number of morpholine rings is 1. The van der Waals surface area contributed by atoms with Gasteiger partial charge in [0.2, 0.25) is 5.95 Å². The molecule has 1 rings (SSSR count). The van der Waals surface area contributed by atoms with Gasteiger partial charge in [0, 0.05) is 13.1 Å². The highest BCUT2D eigenvalue weighted by molar-refractivity contribution is 5.08. The van der Waals surface area contributed by atoms with E-state index < -0.39 is 42.3 Å². The van der Waals surface area contributed by atoms with Crippen molar-refractivity contribution in [3.05, 3.63) is 11.7 Å². The quantitative estimate of drug-likeness (QED) is 0.401. The topological polar surface area (TPSA) is 21.7 Å². The van der Waals surface area contributed by atoms with Crippen LogP contribution >= 0.6 is 0 Å². The molecule has 13 heteroatoms. The molecular formula is C12H13F10NO2. The van der Waals surface area contributed by atoms with Crippen molar-refractivity contribution < 1.29 is 53.4 Å². The highest BCUT2D eigenvalue weighted by Gasteiger charge is 2.61. The maximum Gasteiger partial charge on any atom is 0.453 e. The Balaban J connectivity index is 3.10. The monoisotopic (exact) mass is 393 g/mol. The summed E-state index contributed by atoms with van der Waals surface area (Å²) in [5, 5.41) is 0. The summed E-state index contributed by atoms with van der Waals surface area (Å²) in [6, 6.07) is 0. The average Bonchev–Trinajstić information content (AvgIpc) is 2.49. The maximum atomic E-state index is 14.0. The fraction of sp³-hybridized carbons (Fsp3) is 0.833. The summed E-state index contributed by atoms with van der Waals surface area (Å²) in [6.45, 7) is -0.978. The summed E-state index contributed by atoms with van der Waals surface area (Å²) >= 11 is 0. The zero-order valence-corrected chi connectivity index (χ0v) is 12.5. The van der Waals surface area contributed by atoms with Gasteiger partial charge < -0.3 is 14.4 Å². The molecule has 0 spiro atoms. The van der Waals surface area contributed by atoms with Gasteiger partial charge in [-0.05, 0) is 6.92 Å². The molecule has 1 aliphatic heterocycles. The van der Waals surface area contributed by atoms with E-state index in [0.717, 1.165) is 0 Å². The van der Waals surface area contributed by atoms with Crippen molar-refractivity contribution in [3.8, 4) is 0 Å². The average molecular weight is 393 g/mol. The Bertz CT molecular complexity index is 481. The van der Waals surface area contributed by atoms with Gasteiger partial charge in [0.05, 0.1) is 13.2 Å². The molecule has 25 heavy (non-hydrogen) atoms. The van der Waals surface area contributed by atoms with Gasteiger partial charge in [-0.25, -0.2) is 4.39 Å². The molecule has 2 unspecified atom stereocenters. The van der Waals surface area contributed by atoms with Gasteiger partial charge in [-0.2, -0.15) is 39.5 Å². The van der Waals surface area contributed by atoms with Crippen molar-refractivity contribution in [2.75, 3.05) is 26.3 Å². The number of hydrogen-bond acceptors (Lipinski definition) is 3. The van der Waals surface area contributed by atoms with Gasteiger partial charge in [-0.1, -0.05) is 0 Å². The summed E-state index contributed by atoms with van der Waals surface area (Å²) in [7, 11) is 0. The van der Waals surface area contributed by atoms with Crippen LogP contribution in [0.25, 0.3) is 0 Å². The van der Waals surface area contributed by atoms with Crippen molar-refractivity contribution in [3.63, 3.8) is 0 Å². The van der Waals surface area contributed by atoms with E-state index in [-0.39, 0.29) is 33.2 Å². The SMILES string of the molecule is CC(O/C(=C(/F)N1CCOCC1)C(F)(F)F)C(F)(F)C(F)C(F)(F)F. The van der Waals surface area contributed by atoms with Crippen LogP contribution in [-0.4, -0.2) is 61.8 Å². The molecule has 0 aromatic heterocycles. The molecule has 0 saturated carbocycles. The minimum Gasteiger partial charge on any atom is -0.476 e. The van der Waals surface area contributed by atoms with Crippen LogP contribution in [0.3, 0.4) is 0 Å². The van der Waals surface area contributed by atoms with Gasteiger partial charge in [0.1, 0.15) is 0 Å². The second-order valence-electron chi connectivity index (χ2n) is 5.06. The molecule has 0 bridgehead atoms. The fourth-order valence-corrected chi connectivity index (χ4v) is 1.82. The van der Waals surface area contributed by atoms with Crippen molar-refractivity contribution in [2.24, 2.45) is 0 Å². The molecule has 1 fully saturated rings. The van der Waals surface area contributed by atoms with Crippen molar-refractivity contribution >= 4 is 0 Å². The first-order chi connectivity index (χ1) is 11.2. The summed E-state index contributed by atoms with van der Waals surface area (Å²) in [4.78, 5) is 0.466. The van der Waals surface area contributed by atoms with Gasteiger partial charge >= 0.3 is 18.3 Å². The molecule has 0 amide bonds. The zero-order valence-electron chi connectivity index (χ0n) is 12.5. The first-order valence-corrected chi connectivity index (χ1v) is 6.74. The molecule has 0 aliphatic carbocycles. The van der Waals surface area contributed by atoms with Gasteiger partial charge in [0.15, 0.2) is 6.10 Å². The first kappa shape index (κ1) is 21.6. The highest BCUT2D eigenvalue weighted by Crippen LogP contribution is 2.41. The van der Waals surface area contributed by atoms with Crippen LogP contribution in [0.5, 0.6) is 0 Å². The third-order valence-corrected chi connectivity index (χ3v) is 3.20. The fourth-order valence-electron chi connectivity index (χ4n) is 1.82. The Labute approximate surface area is 135 Å². The van der Waals surface area contributed by atoms with Crippen LogP contribution in [-0.2, 0) is 9.47 Å². The Hall–Kier alpha value is -1.40. The lowest BCUT2D eigenvalue weighted by Gasteiger charge is -2.32. The first-order valence-electron chi connectivity index (χ1n) is 6.74. The molecule has 0 aromatic rings. The molecule has 3 nitrogen and oxygen atoms in total. The smallest absolute Gasteiger partial charge is 0.453 e. The number of allylic oxidation sites excluding steroid dienone is 1. The predicted molar refractivity (Wildman–Crippen MR) is 63.0 cm³/mol. The number of alkyl halides is 9. The Morgan fingerprint density at radius 1 is 1.00 bits per heavy atom. The molecule has 148 valence electrons. The second-order valence-corrected chi connectivity index (χ2v) is 5.06. The van der Waals surface area contributed by atoms with Crippen LogP contribution in [0.2, 0.25) is 0 Å². The molecule has 0 aromatic carbocycles. The number of halogens is 10.